The Hall–Kier alpha value is -1.32. The van der Waals surface area contributed by atoms with E-state index in [-0.39, 0.29) is 5.91 Å². The van der Waals surface area contributed by atoms with Crippen LogP contribution >= 0.6 is 0 Å². The molecule has 1 rings (SSSR count). The molecule has 0 aliphatic rings. The summed E-state index contributed by atoms with van der Waals surface area (Å²) in [4.78, 5) is 11.0. The first-order chi connectivity index (χ1) is 6.15. The number of aromatic nitrogens is 1. The zero-order valence-corrected chi connectivity index (χ0v) is 8.18. The van der Waals surface area contributed by atoms with Gasteiger partial charge < -0.3 is 9.84 Å². The Morgan fingerprint density at radius 1 is 1.54 bits per heavy atom. The number of nitrogens with one attached hydrogen (secondary N) is 1. The van der Waals surface area contributed by atoms with Gasteiger partial charge in [0, 0.05) is 18.5 Å². The molecule has 0 fully saturated rings. The van der Waals surface area contributed by atoms with E-state index in [9.17, 15) is 4.79 Å². The molecule has 4 nitrogen and oxygen atoms in total. The molecule has 0 bridgehead atoms. The summed E-state index contributed by atoms with van der Waals surface area (Å²) >= 11 is 0. The number of nitrogens with zero attached hydrogens (tertiary/aromatic N) is 1. The molecule has 0 saturated heterocycles. The molecule has 13 heavy (non-hydrogen) atoms. The van der Waals surface area contributed by atoms with Crippen LogP contribution in [-0.4, -0.2) is 11.1 Å². The van der Waals surface area contributed by atoms with Gasteiger partial charge in [-0.25, -0.2) is 0 Å². The maximum absolute atomic E-state index is 11.0. The van der Waals surface area contributed by atoms with Crippen molar-refractivity contribution in [2.75, 3.05) is 0 Å². The van der Waals surface area contributed by atoms with Gasteiger partial charge in [0.2, 0.25) is 5.91 Å². The highest BCUT2D eigenvalue weighted by Gasteiger charge is 2.08. The van der Waals surface area contributed by atoms with E-state index in [2.05, 4.69) is 10.5 Å². The molecule has 1 heterocycles. The van der Waals surface area contributed by atoms with Crippen LogP contribution in [-0.2, 0) is 11.3 Å². The molecule has 0 radical (unpaired) electrons. The van der Waals surface area contributed by atoms with Crippen molar-refractivity contribution in [3.8, 4) is 0 Å². The normalized spacial score (nSPS) is 10.1. The minimum Gasteiger partial charge on any atom is -0.361 e. The van der Waals surface area contributed by atoms with Gasteiger partial charge in [-0.2, -0.15) is 0 Å². The highest BCUT2D eigenvalue weighted by atomic mass is 16.5. The van der Waals surface area contributed by atoms with Crippen molar-refractivity contribution in [1.29, 1.82) is 0 Å². The second-order valence-corrected chi connectivity index (χ2v) is 2.93. The number of aryl methyl sites for hydroxylation is 2. The smallest absolute Gasteiger partial charge is 0.219 e. The van der Waals surface area contributed by atoms with Gasteiger partial charge in [-0.3, -0.25) is 4.79 Å². The Kier molecular flexibility index (Phi) is 3.06. The van der Waals surface area contributed by atoms with Crippen LogP contribution in [0, 0.1) is 13.8 Å². The fourth-order valence-electron chi connectivity index (χ4n) is 1.07. The maximum atomic E-state index is 11.0. The van der Waals surface area contributed by atoms with E-state index < -0.39 is 0 Å². The quantitative estimate of drug-likeness (QED) is 0.767. The molecule has 1 aromatic rings. The van der Waals surface area contributed by atoms with E-state index in [1.807, 2.05) is 20.8 Å². The van der Waals surface area contributed by atoms with E-state index in [1.54, 1.807) is 0 Å². The van der Waals surface area contributed by atoms with Crippen LogP contribution in [0.1, 0.15) is 30.4 Å². The molecule has 72 valence electrons. The van der Waals surface area contributed by atoms with Gasteiger partial charge >= 0.3 is 0 Å². The molecule has 4 heteroatoms. The third-order valence-corrected chi connectivity index (χ3v) is 1.96. The van der Waals surface area contributed by atoms with Crippen LogP contribution in [0.25, 0.3) is 0 Å². The third-order valence-electron chi connectivity index (χ3n) is 1.96. The van der Waals surface area contributed by atoms with E-state index in [4.69, 9.17) is 4.52 Å². The summed E-state index contributed by atoms with van der Waals surface area (Å²) in [6.07, 6.45) is 0.503. The second kappa shape index (κ2) is 4.07. The lowest BCUT2D eigenvalue weighted by atomic mass is 10.2. The van der Waals surface area contributed by atoms with Gasteiger partial charge in [0.05, 0.1) is 5.69 Å². The Morgan fingerprint density at radius 2 is 2.23 bits per heavy atom. The van der Waals surface area contributed by atoms with Crippen LogP contribution in [0.2, 0.25) is 0 Å². The van der Waals surface area contributed by atoms with Crippen LogP contribution in [0.4, 0.5) is 0 Å². The van der Waals surface area contributed by atoms with Gasteiger partial charge in [0.1, 0.15) is 5.76 Å². The summed E-state index contributed by atoms with van der Waals surface area (Å²) in [6.45, 7) is 6.04. The Morgan fingerprint density at radius 3 is 2.69 bits per heavy atom. The van der Waals surface area contributed by atoms with E-state index in [0.717, 1.165) is 17.0 Å². The number of hydrogen-bond acceptors (Lipinski definition) is 3. The van der Waals surface area contributed by atoms with Crippen molar-refractivity contribution in [2.45, 2.75) is 33.7 Å². The second-order valence-electron chi connectivity index (χ2n) is 2.93. The number of carbonyl (C=O) groups excluding carboxylic acids is 1. The average Bonchev–Trinajstić information content (AvgIpc) is 2.43. The monoisotopic (exact) mass is 182 g/mol. The zero-order valence-electron chi connectivity index (χ0n) is 8.18. The van der Waals surface area contributed by atoms with Crippen molar-refractivity contribution >= 4 is 5.91 Å². The van der Waals surface area contributed by atoms with Crippen molar-refractivity contribution in [2.24, 2.45) is 0 Å². The lowest BCUT2D eigenvalue weighted by molar-refractivity contribution is -0.120. The summed E-state index contributed by atoms with van der Waals surface area (Å²) in [7, 11) is 0. The number of hydrogen-bond donors (Lipinski definition) is 1. The van der Waals surface area contributed by atoms with E-state index in [0.29, 0.717) is 13.0 Å². The molecular formula is C9H14N2O2. The fraction of sp³-hybridized carbons (Fsp3) is 0.556. The number of amides is 1. The number of carbonyl (C=O) groups is 1. The molecule has 0 aliphatic carbocycles. The Labute approximate surface area is 77.3 Å². The predicted molar refractivity (Wildman–Crippen MR) is 48.1 cm³/mol. The molecule has 0 aliphatic heterocycles. The van der Waals surface area contributed by atoms with Crippen LogP contribution in [0.3, 0.4) is 0 Å². The molecule has 0 spiro atoms. The highest BCUT2D eigenvalue weighted by Crippen LogP contribution is 2.11. The predicted octanol–water partition coefficient (Wildman–Crippen LogP) is 1.32. The van der Waals surface area contributed by atoms with E-state index >= 15 is 0 Å². The summed E-state index contributed by atoms with van der Waals surface area (Å²) in [5.41, 5.74) is 1.82. The minimum atomic E-state index is 0.0417. The zero-order chi connectivity index (χ0) is 9.84. The summed E-state index contributed by atoms with van der Waals surface area (Å²) in [6, 6.07) is 0. The van der Waals surface area contributed by atoms with E-state index in [1.165, 1.54) is 0 Å². The van der Waals surface area contributed by atoms with Gasteiger partial charge in [-0.1, -0.05) is 12.1 Å². The molecule has 0 atom stereocenters. The van der Waals surface area contributed by atoms with Crippen LogP contribution in [0.15, 0.2) is 4.52 Å². The van der Waals surface area contributed by atoms with Crippen LogP contribution < -0.4 is 5.32 Å². The maximum Gasteiger partial charge on any atom is 0.219 e. The topological polar surface area (TPSA) is 55.1 Å². The first kappa shape index (κ1) is 9.77. The molecule has 1 amide bonds. The lowest BCUT2D eigenvalue weighted by Crippen LogP contribution is -2.21. The van der Waals surface area contributed by atoms with Crippen molar-refractivity contribution in [3.05, 3.63) is 17.0 Å². The molecule has 1 N–H and O–H groups in total. The third kappa shape index (κ3) is 2.31. The van der Waals surface area contributed by atoms with Gasteiger partial charge in [-0.05, 0) is 13.8 Å². The summed E-state index contributed by atoms with van der Waals surface area (Å²) in [5.74, 6) is 0.814. The minimum absolute atomic E-state index is 0.0417. The first-order valence-electron chi connectivity index (χ1n) is 4.33. The molecular weight excluding hydrogens is 168 g/mol. The molecule has 1 aromatic heterocycles. The molecule has 0 aromatic carbocycles. The molecule has 0 saturated carbocycles. The summed E-state index contributed by atoms with van der Waals surface area (Å²) in [5, 5.41) is 6.57. The standard InChI is InChI=1S/C9H14N2O2/c1-4-9(12)10-5-8-6(2)11-13-7(8)3/h4-5H2,1-3H3,(H,10,12). The van der Waals surface area contributed by atoms with Crippen molar-refractivity contribution in [3.63, 3.8) is 0 Å². The largest absolute Gasteiger partial charge is 0.361 e. The first-order valence-corrected chi connectivity index (χ1v) is 4.33. The van der Waals surface area contributed by atoms with Gasteiger partial charge in [0.15, 0.2) is 0 Å². The van der Waals surface area contributed by atoms with Crippen molar-refractivity contribution < 1.29 is 9.32 Å². The van der Waals surface area contributed by atoms with Gasteiger partial charge in [-0.15, -0.1) is 0 Å². The van der Waals surface area contributed by atoms with Crippen molar-refractivity contribution in [1.82, 2.24) is 10.5 Å². The fourth-order valence-corrected chi connectivity index (χ4v) is 1.07. The number of rotatable bonds is 3. The average molecular weight is 182 g/mol. The Bertz CT molecular complexity index is 285. The SMILES string of the molecule is CCC(=O)NCc1c(C)noc1C. The summed E-state index contributed by atoms with van der Waals surface area (Å²) < 4.78 is 4.96. The van der Waals surface area contributed by atoms with Gasteiger partial charge in [0.25, 0.3) is 0 Å². The molecule has 0 unspecified atom stereocenters. The van der Waals surface area contributed by atoms with Crippen LogP contribution in [0.5, 0.6) is 0 Å². The Balaban J connectivity index is 2.58. The highest BCUT2D eigenvalue weighted by molar-refractivity contribution is 5.75. The lowest BCUT2D eigenvalue weighted by Gasteiger charge is -2.01.